The van der Waals surface area contributed by atoms with Crippen molar-refractivity contribution in [3.63, 3.8) is 0 Å². The van der Waals surface area contributed by atoms with E-state index < -0.39 is 0 Å². The van der Waals surface area contributed by atoms with Gasteiger partial charge in [-0.25, -0.2) is 0 Å². The summed E-state index contributed by atoms with van der Waals surface area (Å²) in [7, 11) is 0. The molecule has 0 bridgehead atoms. The molecule has 8 heteroatoms. The Morgan fingerprint density at radius 3 is 3.05 bits per heavy atom. The summed E-state index contributed by atoms with van der Waals surface area (Å²) in [4.78, 5) is 27.2. The second-order valence-electron chi connectivity index (χ2n) is 4.25. The van der Waals surface area contributed by atoms with Crippen molar-refractivity contribution in [2.24, 2.45) is 0 Å². The number of hydrogen-bond acceptors (Lipinski definition) is 5. The molecule has 0 spiro atoms. The van der Waals surface area contributed by atoms with Crippen LogP contribution in [0.4, 0.5) is 11.6 Å². The van der Waals surface area contributed by atoms with Gasteiger partial charge in [0.2, 0.25) is 5.95 Å². The van der Waals surface area contributed by atoms with Gasteiger partial charge in [0, 0.05) is 5.56 Å². The zero-order chi connectivity index (χ0) is 14.1. The number of amides is 2. The first kappa shape index (κ1) is 12.2. The molecule has 0 unspecified atom stereocenters. The lowest BCUT2D eigenvalue weighted by molar-refractivity contribution is -0.118. The molecule has 0 atom stereocenters. The molecule has 0 aliphatic carbocycles. The van der Waals surface area contributed by atoms with Crippen molar-refractivity contribution in [1.29, 1.82) is 0 Å². The number of H-pyrrole nitrogens is 1. The summed E-state index contributed by atoms with van der Waals surface area (Å²) in [5, 5.41) is 11.7. The Balaban J connectivity index is 1.80. The molecular formula is C12H11N5O3. The smallest absolute Gasteiger partial charge is 0.262 e. The number of ether oxygens (including phenoxy) is 1. The summed E-state index contributed by atoms with van der Waals surface area (Å²) < 4.78 is 5.25. The van der Waals surface area contributed by atoms with E-state index in [9.17, 15) is 9.59 Å². The van der Waals surface area contributed by atoms with Gasteiger partial charge in [-0.2, -0.15) is 4.98 Å². The summed E-state index contributed by atoms with van der Waals surface area (Å²) in [5.41, 5.74) is 0.939. The molecule has 2 heterocycles. The van der Waals surface area contributed by atoms with Gasteiger partial charge in [0.05, 0.1) is 5.69 Å². The van der Waals surface area contributed by atoms with Crippen LogP contribution in [0.15, 0.2) is 18.2 Å². The highest BCUT2D eigenvalue weighted by atomic mass is 16.5. The van der Waals surface area contributed by atoms with E-state index in [2.05, 4.69) is 25.8 Å². The minimum Gasteiger partial charge on any atom is -0.482 e. The van der Waals surface area contributed by atoms with Crippen LogP contribution in [0.25, 0.3) is 0 Å². The fourth-order valence-electron chi connectivity index (χ4n) is 1.79. The van der Waals surface area contributed by atoms with Crippen LogP contribution < -0.4 is 15.4 Å². The maximum Gasteiger partial charge on any atom is 0.262 e. The van der Waals surface area contributed by atoms with Gasteiger partial charge in [-0.3, -0.25) is 20.0 Å². The number of rotatable bonds is 2. The Kier molecular flexibility index (Phi) is 2.82. The van der Waals surface area contributed by atoms with Gasteiger partial charge < -0.3 is 10.1 Å². The maximum atomic E-state index is 12.0. The number of aryl methyl sites for hydroxylation is 1. The monoisotopic (exact) mass is 273 g/mol. The molecule has 8 nitrogen and oxygen atoms in total. The Hall–Kier alpha value is -2.90. The second-order valence-corrected chi connectivity index (χ2v) is 4.25. The third-order valence-electron chi connectivity index (χ3n) is 2.70. The maximum absolute atomic E-state index is 12.0. The van der Waals surface area contributed by atoms with E-state index >= 15 is 0 Å². The van der Waals surface area contributed by atoms with Gasteiger partial charge in [-0.15, -0.1) is 5.10 Å². The zero-order valence-corrected chi connectivity index (χ0v) is 10.6. The number of carbonyl (C=O) groups is 2. The first-order valence-corrected chi connectivity index (χ1v) is 5.89. The van der Waals surface area contributed by atoms with E-state index in [-0.39, 0.29) is 24.4 Å². The third-order valence-corrected chi connectivity index (χ3v) is 2.70. The van der Waals surface area contributed by atoms with Gasteiger partial charge in [0.15, 0.2) is 6.61 Å². The number of aromatic amines is 1. The Bertz CT molecular complexity index is 694. The molecule has 2 amide bonds. The Labute approximate surface area is 113 Å². The minimum atomic E-state index is -0.354. The van der Waals surface area contributed by atoms with Crippen LogP contribution in [0.3, 0.4) is 0 Å². The molecule has 102 valence electrons. The summed E-state index contributed by atoms with van der Waals surface area (Å²) in [5.74, 6) is 0.706. The SMILES string of the molecule is Cc1nc(NC(=O)c2ccc3c(c2)OCC(=O)N3)n[nH]1. The summed E-state index contributed by atoms with van der Waals surface area (Å²) in [6, 6.07) is 4.76. The molecular weight excluding hydrogens is 262 g/mol. The van der Waals surface area contributed by atoms with Crippen LogP contribution in [0, 0.1) is 6.92 Å². The lowest BCUT2D eigenvalue weighted by atomic mass is 10.1. The van der Waals surface area contributed by atoms with Crippen LogP contribution in [0.2, 0.25) is 0 Å². The predicted octanol–water partition coefficient (Wildman–Crippen LogP) is 0.696. The van der Waals surface area contributed by atoms with Crippen molar-refractivity contribution in [2.75, 3.05) is 17.2 Å². The van der Waals surface area contributed by atoms with Crippen molar-refractivity contribution in [3.05, 3.63) is 29.6 Å². The molecule has 0 fully saturated rings. The largest absolute Gasteiger partial charge is 0.482 e. The average molecular weight is 273 g/mol. The number of fused-ring (bicyclic) bond motifs is 1. The van der Waals surface area contributed by atoms with Crippen LogP contribution in [0.1, 0.15) is 16.2 Å². The van der Waals surface area contributed by atoms with Crippen LogP contribution in [-0.4, -0.2) is 33.6 Å². The molecule has 0 saturated carbocycles. The molecule has 3 N–H and O–H groups in total. The number of anilines is 2. The van der Waals surface area contributed by atoms with E-state index in [1.807, 2.05) is 0 Å². The van der Waals surface area contributed by atoms with Gasteiger partial charge in [0.25, 0.3) is 11.8 Å². The highest BCUT2D eigenvalue weighted by molar-refractivity contribution is 6.04. The summed E-state index contributed by atoms with van der Waals surface area (Å²) in [6.45, 7) is 1.68. The lowest BCUT2D eigenvalue weighted by Crippen LogP contribution is -2.25. The normalized spacial score (nSPS) is 13.2. The van der Waals surface area contributed by atoms with Crippen LogP contribution in [0.5, 0.6) is 5.75 Å². The molecule has 0 radical (unpaired) electrons. The first-order chi connectivity index (χ1) is 9.61. The number of benzene rings is 1. The average Bonchev–Trinajstić information content (AvgIpc) is 2.83. The predicted molar refractivity (Wildman–Crippen MR) is 69.6 cm³/mol. The zero-order valence-electron chi connectivity index (χ0n) is 10.6. The summed E-state index contributed by atoms with van der Waals surface area (Å²) >= 11 is 0. The lowest BCUT2D eigenvalue weighted by Gasteiger charge is -2.18. The highest BCUT2D eigenvalue weighted by Gasteiger charge is 2.18. The van der Waals surface area contributed by atoms with E-state index in [1.165, 1.54) is 0 Å². The molecule has 1 aromatic heterocycles. The van der Waals surface area contributed by atoms with E-state index in [0.717, 1.165) is 0 Å². The molecule has 0 saturated heterocycles. The number of carbonyl (C=O) groups excluding carboxylic acids is 2. The molecule has 1 aliphatic heterocycles. The van der Waals surface area contributed by atoms with Crippen molar-refractivity contribution < 1.29 is 14.3 Å². The highest BCUT2D eigenvalue weighted by Crippen LogP contribution is 2.28. The van der Waals surface area contributed by atoms with E-state index in [4.69, 9.17) is 4.74 Å². The van der Waals surface area contributed by atoms with Gasteiger partial charge >= 0.3 is 0 Å². The van der Waals surface area contributed by atoms with Crippen LogP contribution in [-0.2, 0) is 4.79 Å². The van der Waals surface area contributed by atoms with Gasteiger partial charge in [0.1, 0.15) is 11.6 Å². The Morgan fingerprint density at radius 2 is 2.30 bits per heavy atom. The minimum absolute atomic E-state index is 0.0574. The van der Waals surface area contributed by atoms with Crippen molar-refractivity contribution in [2.45, 2.75) is 6.92 Å². The quantitative estimate of drug-likeness (QED) is 0.746. The van der Waals surface area contributed by atoms with E-state index in [0.29, 0.717) is 22.8 Å². The second kappa shape index (κ2) is 4.65. The van der Waals surface area contributed by atoms with Crippen molar-refractivity contribution in [1.82, 2.24) is 15.2 Å². The van der Waals surface area contributed by atoms with Gasteiger partial charge in [-0.05, 0) is 25.1 Å². The van der Waals surface area contributed by atoms with Crippen LogP contribution >= 0.6 is 0 Å². The van der Waals surface area contributed by atoms with Crippen molar-refractivity contribution >= 4 is 23.5 Å². The fourth-order valence-corrected chi connectivity index (χ4v) is 1.79. The molecule has 2 aromatic rings. The summed E-state index contributed by atoms with van der Waals surface area (Å²) in [6.07, 6.45) is 0. The van der Waals surface area contributed by atoms with Crippen molar-refractivity contribution in [3.8, 4) is 5.75 Å². The standard InChI is InChI=1S/C12H11N5O3/c1-6-13-12(17-16-6)15-11(19)7-2-3-8-9(4-7)20-5-10(18)14-8/h2-4H,5H2,1H3,(H,14,18)(H2,13,15,16,17,19). The Morgan fingerprint density at radius 1 is 1.45 bits per heavy atom. The first-order valence-electron chi connectivity index (χ1n) is 5.89. The van der Waals surface area contributed by atoms with E-state index in [1.54, 1.807) is 25.1 Å². The third kappa shape index (κ3) is 2.30. The molecule has 20 heavy (non-hydrogen) atoms. The number of hydrogen-bond donors (Lipinski definition) is 3. The fraction of sp³-hybridized carbons (Fsp3) is 0.167. The molecule has 1 aliphatic rings. The number of nitrogens with one attached hydrogen (secondary N) is 3. The van der Waals surface area contributed by atoms with Gasteiger partial charge in [-0.1, -0.05) is 0 Å². The number of nitrogens with zero attached hydrogens (tertiary/aromatic N) is 2. The number of aromatic nitrogens is 3. The molecule has 1 aromatic carbocycles. The molecule has 3 rings (SSSR count). The topological polar surface area (TPSA) is 109 Å².